The van der Waals surface area contributed by atoms with E-state index in [0.29, 0.717) is 23.3 Å². The number of nitrogens with one attached hydrogen (secondary N) is 1. The number of hydrogen-bond acceptors (Lipinski definition) is 4. The van der Waals surface area contributed by atoms with Crippen LogP contribution >= 0.6 is 0 Å². The fourth-order valence-corrected chi connectivity index (χ4v) is 5.47. The zero-order chi connectivity index (χ0) is 21.1. The summed E-state index contributed by atoms with van der Waals surface area (Å²) in [6.07, 6.45) is 4.94. The quantitative estimate of drug-likeness (QED) is 0.526. The smallest absolute Gasteiger partial charge is 0.243 e. The third-order valence-electron chi connectivity index (χ3n) is 6.93. The molecule has 30 heavy (non-hydrogen) atoms. The summed E-state index contributed by atoms with van der Waals surface area (Å²) in [5.74, 6) is 1.52. The number of hydrazone groups is 1. The Balaban J connectivity index is 1.39. The Bertz CT molecular complexity index is 896. The van der Waals surface area contributed by atoms with Crippen molar-refractivity contribution in [3.63, 3.8) is 0 Å². The molecule has 2 N–H and O–H groups in total. The van der Waals surface area contributed by atoms with Crippen LogP contribution in [0.1, 0.15) is 50.2 Å². The predicted octanol–water partition coefficient (Wildman–Crippen LogP) is 4.52. The van der Waals surface area contributed by atoms with Crippen LogP contribution < -0.4 is 10.3 Å². The molecule has 0 unspecified atom stereocenters. The van der Waals surface area contributed by atoms with Crippen LogP contribution in [-0.4, -0.2) is 30.3 Å². The first-order valence-corrected chi connectivity index (χ1v) is 11.1. The maximum Gasteiger partial charge on any atom is 0.243 e. The maximum atomic E-state index is 12.8. The minimum Gasteiger partial charge on any atom is -0.507 e. The number of carbonyl (C=O) groups excluding carboxylic acids is 1. The largest absolute Gasteiger partial charge is 0.507 e. The number of benzene rings is 2. The Hall–Kier alpha value is -2.82. The Morgan fingerprint density at radius 1 is 1.13 bits per heavy atom. The monoisotopic (exact) mass is 405 g/mol. The van der Waals surface area contributed by atoms with Crippen LogP contribution in [0.4, 0.5) is 5.69 Å². The molecule has 2 atom stereocenters. The summed E-state index contributed by atoms with van der Waals surface area (Å²) >= 11 is 0. The molecule has 2 saturated carbocycles. The molecule has 5 heteroatoms. The van der Waals surface area contributed by atoms with Gasteiger partial charge in [0, 0.05) is 36.3 Å². The predicted molar refractivity (Wildman–Crippen MR) is 121 cm³/mol. The Kier molecular flexibility index (Phi) is 6.07. The first kappa shape index (κ1) is 20.5. The van der Waals surface area contributed by atoms with E-state index in [1.54, 1.807) is 6.07 Å². The van der Waals surface area contributed by atoms with Crippen LogP contribution in [0.2, 0.25) is 0 Å². The highest BCUT2D eigenvalue weighted by Gasteiger charge is 2.55. The van der Waals surface area contributed by atoms with Crippen molar-refractivity contribution in [2.75, 3.05) is 18.0 Å². The van der Waals surface area contributed by atoms with Crippen LogP contribution in [0.15, 0.2) is 53.6 Å². The van der Waals surface area contributed by atoms with Crippen molar-refractivity contribution in [1.29, 1.82) is 0 Å². The standard InChI is InChI=1S/C25H31N3O2/c1-3-28(4-2)19-14-13-18(22(29)15-19)16-26-27-25(30)24-20-11-8-12-21(24)23(20)17-9-6-5-7-10-17/h5-7,9-10,13-16,20-21,23-24,29H,3-4,8,11-12H2,1-2H3,(H,27,30)/b26-16-/t20-,21-,23?,24?/m0/s1. The fraction of sp³-hybridized carbons (Fsp3) is 0.440. The van der Waals surface area contributed by atoms with Crippen molar-refractivity contribution < 1.29 is 9.90 Å². The van der Waals surface area contributed by atoms with Crippen LogP contribution in [0.25, 0.3) is 0 Å². The van der Waals surface area contributed by atoms with Crippen molar-refractivity contribution in [3.05, 3.63) is 59.7 Å². The molecule has 0 aliphatic heterocycles. The van der Waals surface area contributed by atoms with Gasteiger partial charge in [0.1, 0.15) is 5.75 Å². The molecule has 4 rings (SSSR count). The van der Waals surface area contributed by atoms with Gasteiger partial charge < -0.3 is 10.0 Å². The molecule has 0 heterocycles. The molecule has 0 aromatic heterocycles. The van der Waals surface area contributed by atoms with Gasteiger partial charge in [0.2, 0.25) is 5.91 Å². The lowest BCUT2D eigenvalue weighted by molar-refractivity contribution is -0.140. The third kappa shape index (κ3) is 3.81. The molecule has 0 spiro atoms. The highest BCUT2D eigenvalue weighted by atomic mass is 16.3. The molecule has 158 valence electrons. The number of nitrogens with zero attached hydrogens (tertiary/aromatic N) is 2. The number of anilines is 1. The molecule has 2 bridgehead atoms. The van der Waals surface area contributed by atoms with Gasteiger partial charge in [-0.25, -0.2) is 5.43 Å². The number of amides is 1. The second kappa shape index (κ2) is 8.90. The van der Waals surface area contributed by atoms with Crippen molar-refractivity contribution in [3.8, 4) is 5.75 Å². The average molecular weight is 406 g/mol. The van der Waals surface area contributed by atoms with Gasteiger partial charge in [-0.15, -0.1) is 0 Å². The number of phenolic OH excluding ortho intramolecular Hbond substituents is 1. The fourth-order valence-electron chi connectivity index (χ4n) is 5.47. The van der Waals surface area contributed by atoms with E-state index in [9.17, 15) is 9.90 Å². The van der Waals surface area contributed by atoms with Crippen molar-refractivity contribution in [2.24, 2.45) is 22.9 Å². The molecule has 2 aliphatic rings. The second-order valence-corrected chi connectivity index (χ2v) is 8.37. The normalized spacial score (nSPS) is 25.0. The van der Waals surface area contributed by atoms with Crippen LogP contribution in [0.3, 0.4) is 0 Å². The molecule has 2 aromatic rings. The zero-order valence-electron chi connectivity index (χ0n) is 17.8. The van der Waals surface area contributed by atoms with Gasteiger partial charge in [0.15, 0.2) is 0 Å². The van der Waals surface area contributed by atoms with Gasteiger partial charge in [-0.2, -0.15) is 5.10 Å². The first-order chi connectivity index (χ1) is 14.6. The highest BCUT2D eigenvalue weighted by Crippen LogP contribution is 2.59. The van der Waals surface area contributed by atoms with Crippen molar-refractivity contribution in [1.82, 2.24) is 5.43 Å². The van der Waals surface area contributed by atoms with E-state index in [1.807, 2.05) is 18.2 Å². The van der Waals surface area contributed by atoms with E-state index in [2.05, 4.69) is 53.5 Å². The Morgan fingerprint density at radius 2 is 1.83 bits per heavy atom. The zero-order valence-corrected chi connectivity index (χ0v) is 17.8. The van der Waals surface area contributed by atoms with Crippen LogP contribution in [-0.2, 0) is 4.79 Å². The first-order valence-electron chi connectivity index (χ1n) is 11.1. The van der Waals surface area contributed by atoms with E-state index in [-0.39, 0.29) is 17.6 Å². The number of fused-ring (bicyclic) bond motifs is 2. The Morgan fingerprint density at radius 3 is 2.47 bits per heavy atom. The van der Waals surface area contributed by atoms with Gasteiger partial charge in [0.05, 0.1) is 6.21 Å². The molecule has 2 aromatic carbocycles. The third-order valence-corrected chi connectivity index (χ3v) is 6.93. The summed E-state index contributed by atoms with van der Waals surface area (Å²) in [7, 11) is 0. The lowest BCUT2D eigenvalue weighted by atomic mass is 9.48. The summed E-state index contributed by atoms with van der Waals surface area (Å²) in [4.78, 5) is 15.0. The van der Waals surface area contributed by atoms with E-state index < -0.39 is 0 Å². The minimum atomic E-state index is 0.00684. The molecule has 0 radical (unpaired) electrons. The number of phenols is 1. The summed E-state index contributed by atoms with van der Waals surface area (Å²) in [6, 6.07) is 16.1. The number of aromatic hydroxyl groups is 1. The molecule has 2 aliphatic carbocycles. The van der Waals surface area contributed by atoms with Crippen molar-refractivity contribution in [2.45, 2.75) is 39.0 Å². The average Bonchev–Trinajstić information content (AvgIpc) is 2.77. The SMILES string of the molecule is CCN(CC)c1ccc(/C=N\NC(=O)C2[C@H]3CCC[C@H]2C3c2ccccc2)c(O)c1. The number of carbonyl (C=O) groups is 1. The summed E-state index contributed by atoms with van der Waals surface area (Å²) in [5, 5.41) is 14.5. The molecular formula is C25H31N3O2. The van der Waals surface area contributed by atoms with Gasteiger partial charge in [-0.1, -0.05) is 36.8 Å². The topological polar surface area (TPSA) is 64.9 Å². The minimum absolute atomic E-state index is 0.00684. The number of rotatable bonds is 7. The van der Waals surface area contributed by atoms with E-state index in [1.165, 1.54) is 18.2 Å². The summed E-state index contributed by atoms with van der Waals surface area (Å²) in [5.41, 5.74) is 5.67. The van der Waals surface area contributed by atoms with Gasteiger partial charge >= 0.3 is 0 Å². The molecule has 5 nitrogen and oxygen atoms in total. The lowest BCUT2D eigenvalue weighted by Gasteiger charge is -2.55. The van der Waals surface area contributed by atoms with Crippen LogP contribution in [0, 0.1) is 17.8 Å². The van der Waals surface area contributed by atoms with Crippen LogP contribution in [0.5, 0.6) is 5.75 Å². The molecule has 0 saturated heterocycles. The summed E-state index contributed by atoms with van der Waals surface area (Å²) < 4.78 is 0. The maximum absolute atomic E-state index is 12.8. The number of hydrogen-bond donors (Lipinski definition) is 2. The Labute approximate surface area is 178 Å². The van der Waals surface area contributed by atoms with E-state index in [4.69, 9.17) is 0 Å². The second-order valence-electron chi connectivity index (χ2n) is 8.37. The lowest BCUT2D eigenvalue weighted by Crippen LogP contribution is -2.54. The van der Waals surface area contributed by atoms with Gasteiger partial charge in [-0.3, -0.25) is 4.79 Å². The summed E-state index contributed by atoms with van der Waals surface area (Å²) in [6.45, 7) is 5.94. The van der Waals surface area contributed by atoms with E-state index in [0.717, 1.165) is 31.6 Å². The van der Waals surface area contributed by atoms with Gasteiger partial charge in [0.25, 0.3) is 0 Å². The molecular weight excluding hydrogens is 374 g/mol. The molecule has 2 fully saturated rings. The van der Waals surface area contributed by atoms with Gasteiger partial charge in [-0.05, 0) is 62.1 Å². The molecule has 1 amide bonds. The highest BCUT2D eigenvalue weighted by molar-refractivity contribution is 5.87. The van der Waals surface area contributed by atoms with Crippen molar-refractivity contribution >= 4 is 17.8 Å². The van der Waals surface area contributed by atoms with E-state index >= 15 is 0 Å².